The fourth-order valence-electron chi connectivity index (χ4n) is 2.08. The quantitative estimate of drug-likeness (QED) is 0.252. The molecule has 0 saturated heterocycles. The summed E-state index contributed by atoms with van der Waals surface area (Å²) in [6.07, 6.45) is 1.03. The Morgan fingerprint density at radius 1 is 1.33 bits per heavy atom. The highest BCUT2D eigenvalue weighted by atomic mass is 32.2. The molecule has 0 fully saturated rings. The van der Waals surface area contributed by atoms with Crippen molar-refractivity contribution in [1.82, 2.24) is 10.4 Å². The van der Waals surface area contributed by atoms with Crippen molar-refractivity contribution in [1.29, 1.82) is 0 Å². The highest BCUT2D eigenvalue weighted by molar-refractivity contribution is 7.99. The Kier molecular flexibility index (Phi) is 5.22. The first-order chi connectivity index (χ1) is 12.9. The molecule has 0 aliphatic heterocycles. The van der Waals surface area contributed by atoms with Gasteiger partial charge >= 0.3 is 5.69 Å². The number of fused-ring (bicyclic) bond motifs is 1. The lowest BCUT2D eigenvalue weighted by molar-refractivity contribution is -0.385. The molecule has 10 nitrogen and oxygen atoms in total. The molecule has 0 unspecified atom stereocenters. The number of phenolic OH excluding ortho intramolecular Hbond substituents is 2. The predicted octanol–water partition coefficient (Wildman–Crippen LogP) is 2.39. The van der Waals surface area contributed by atoms with E-state index in [-0.39, 0.29) is 11.3 Å². The Hall–Kier alpha value is -3.60. The largest absolute Gasteiger partial charge is 0.507 e. The lowest BCUT2D eigenvalue weighted by Gasteiger charge is -2.01. The van der Waals surface area contributed by atoms with E-state index in [9.17, 15) is 25.1 Å². The van der Waals surface area contributed by atoms with Gasteiger partial charge in [0.1, 0.15) is 11.3 Å². The molecule has 1 aromatic heterocycles. The molecule has 3 rings (SSSR count). The van der Waals surface area contributed by atoms with Gasteiger partial charge in [-0.05, 0) is 12.1 Å². The number of oxazole rings is 1. The minimum Gasteiger partial charge on any atom is -0.507 e. The van der Waals surface area contributed by atoms with Gasteiger partial charge in [0, 0.05) is 17.7 Å². The molecule has 0 atom stereocenters. The number of nitro groups is 1. The number of nitrogens with zero attached hydrogens (tertiary/aromatic N) is 3. The fourth-order valence-corrected chi connectivity index (χ4v) is 2.71. The van der Waals surface area contributed by atoms with Crippen LogP contribution in [0.1, 0.15) is 5.56 Å². The number of carbonyl (C=O) groups is 1. The maximum Gasteiger partial charge on any atom is 0.311 e. The van der Waals surface area contributed by atoms with Gasteiger partial charge in [0.2, 0.25) is 0 Å². The summed E-state index contributed by atoms with van der Waals surface area (Å²) in [6.45, 7) is 0. The highest BCUT2D eigenvalue weighted by Crippen LogP contribution is 2.32. The van der Waals surface area contributed by atoms with Crippen molar-refractivity contribution in [3.8, 4) is 11.5 Å². The number of nitro benzene ring substituents is 1. The van der Waals surface area contributed by atoms with Crippen LogP contribution in [0.15, 0.2) is 51.1 Å². The number of aromatic nitrogens is 1. The van der Waals surface area contributed by atoms with E-state index in [1.54, 1.807) is 12.1 Å². The van der Waals surface area contributed by atoms with Crippen LogP contribution in [0.3, 0.4) is 0 Å². The van der Waals surface area contributed by atoms with E-state index < -0.39 is 28.0 Å². The van der Waals surface area contributed by atoms with Gasteiger partial charge in [-0.2, -0.15) is 5.10 Å². The van der Waals surface area contributed by atoms with Gasteiger partial charge in [-0.3, -0.25) is 14.9 Å². The number of amides is 1. The Morgan fingerprint density at radius 3 is 2.85 bits per heavy atom. The Balaban J connectivity index is 1.58. The summed E-state index contributed by atoms with van der Waals surface area (Å²) in [7, 11) is 0. The molecule has 27 heavy (non-hydrogen) atoms. The third-order valence-electron chi connectivity index (χ3n) is 3.31. The molecule has 11 heteroatoms. The minimum absolute atomic E-state index is 0.0220. The van der Waals surface area contributed by atoms with E-state index in [0.717, 1.165) is 30.1 Å². The van der Waals surface area contributed by atoms with Gasteiger partial charge in [-0.25, -0.2) is 10.4 Å². The first kappa shape index (κ1) is 18.2. The molecule has 2 aromatic carbocycles. The van der Waals surface area contributed by atoms with Gasteiger partial charge in [-0.15, -0.1) is 0 Å². The van der Waals surface area contributed by atoms with E-state index >= 15 is 0 Å². The zero-order valence-corrected chi connectivity index (χ0v) is 14.3. The van der Waals surface area contributed by atoms with Crippen LogP contribution < -0.4 is 5.43 Å². The van der Waals surface area contributed by atoms with E-state index in [1.807, 2.05) is 12.1 Å². The average molecular weight is 388 g/mol. The highest BCUT2D eigenvalue weighted by Gasteiger charge is 2.16. The number of thioether (sulfide) groups is 1. The normalized spacial score (nSPS) is 11.1. The summed E-state index contributed by atoms with van der Waals surface area (Å²) < 4.78 is 5.47. The maximum atomic E-state index is 11.8. The van der Waals surface area contributed by atoms with E-state index in [0.29, 0.717) is 16.3 Å². The number of nitrogens with one attached hydrogen (secondary N) is 1. The standard InChI is InChI=1S/C16H12N4O6S/c21-12-6-13(22)11(20(24)25)5-9(12)7-17-19-15(23)8-27-16-18-10-3-1-2-4-14(10)26-16/h1-7,21-22H,8H2,(H,19,23)/b17-7+. The van der Waals surface area contributed by atoms with Gasteiger partial charge in [0.15, 0.2) is 11.3 Å². The second-order valence-electron chi connectivity index (χ2n) is 5.19. The van der Waals surface area contributed by atoms with Crippen molar-refractivity contribution in [2.45, 2.75) is 5.22 Å². The smallest absolute Gasteiger partial charge is 0.311 e. The molecule has 3 N–H and O–H groups in total. The molecule has 138 valence electrons. The van der Waals surface area contributed by atoms with Crippen LogP contribution in [0.25, 0.3) is 11.1 Å². The Bertz CT molecular complexity index is 1020. The van der Waals surface area contributed by atoms with Crippen molar-refractivity contribution in [3.05, 3.63) is 52.1 Å². The number of hydrazone groups is 1. The molecule has 1 heterocycles. The number of carbonyl (C=O) groups excluding carboxylic acids is 1. The van der Waals surface area contributed by atoms with Crippen molar-refractivity contribution < 1.29 is 24.3 Å². The number of aromatic hydroxyl groups is 2. The van der Waals surface area contributed by atoms with E-state index in [4.69, 9.17) is 4.42 Å². The molecule has 0 radical (unpaired) electrons. The molecule has 0 aliphatic rings. The lowest BCUT2D eigenvalue weighted by atomic mass is 10.2. The summed E-state index contributed by atoms with van der Waals surface area (Å²) in [6, 6.07) is 8.95. The molecule has 0 aliphatic carbocycles. The lowest BCUT2D eigenvalue weighted by Crippen LogP contribution is -2.19. The van der Waals surface area contributed by atoms with Gasteiger partial charge in [0.05, 0.1) is 16.9 Å². The number of rotatable bonds is 6. The summed E-state index contributed by atoms with van der Waals surface area (Å²) in [5.74, 6) is -1.58. The summed E-state index contributed by atoms with van der Waals surface area (Å²) in [4.78, 5) is 26.0. The van der Waals surface area contributed by atoms with Crippen LogP contribution in [0.5, 0.6) is 11.5 Å². The number of hydrogen-bond acceptors (Lipinski definition) is 9. The van der Waals surface area contributed by atoms with Crippen LogP contribution >= 0.6 is 11.8 Å². The van der Waals surface area contributed by atoms with Crippen molar-refractivity contribution in [3.63, 3.8) is 0 Å². The molecule has 0 spiro atoms. The first-order valence-corrected chi connectivity index (χ1v) is 8.43. The van der Waals surface area contributed by atoms with Crippen LogP contribution in [-0.4, -0.2) is 38.0 Å². The van der Waals surface area contributed by atoms with Gasteiger partial charge in [0.25, 0.3) is 11.1 Å². The SMILES string of the molecule is O=C(CSc1nc2ccccc2o1)N/N=C/c1cc([N+](=O)[O-])c(O)cc1O. The Labute approximate surface area is 155 Å². The number of phenols is 2. The zero-order chi connectivity index (χ0) is 19.4. The molecule has 0 saturated carbocycles. The van der Waals surface area contributed by atoms with Crippen LogP contribution in [0, 0.1) is 10.1 Å². The monoisotopic (exact) mass is 388 g/mol. The van der Waals surface area contributed by atoms with Crippen molar-refractivity contribution in [2.24, 2.45) is 5.10 Å². The molecule has 3 aromatic rings. The second kappa shape index (κ2) is 7.74. The predicted molar refractivity (Wildman–Crippen MR) is 96.9 cm³/mol. The summed E-state index contributed by atoms with van der Waals surface area (Å²) >= 11 is 1.08. The number of para-hydroxylation sites is 2. The number of hydrogen-bond donors (Lipinski definition) is 3. The minimum atomic E-state index is -0.804. The second-order valence-corrected chi connectivity index (χ2v) is 6.11. The Morgan fingerprint density at radius 2 is 2.11 bits per heavy atom. The van der Waals surface area contributed by atoms with Crippen LogP contribution in [0.2, 0.25) is 0 Å². The molecule has 0 bridgehead atoms. The van der Waals surface area contributed by atoms with E-state index in [2.05, 4.69) is 15.5 Å². The summed E-state index contributed by atoms with van der Waals surface area (Å²) in [5, 5.41) is 33.8. The van der Waals surface area contributed by atoms with Crippen LogP contribution in [0.4, 0.5) is 5.69 Å². The average Bonchev–Trinajstić information content (AvgIpc) is 3.04. The molecular weight excluding hydrogens is 376 g/mol. The van der Waals surface area contributed by atoms with Gasteiger partial charge < -0.3 is 14.6 Å². The number of benzene rings is 2. The van der Waals surface area contributed by atoms with Crippen LogP contribution in [-0.2, 0) is 4.79 Å². The van der Waals surface area contributed by atoms with E-state index in [1.165, 1.54) is 0 Å². The third-order valence-corrected chi connectivity index (χ3v) is 4.14. The topological polar surface area (TPSA) is 151 Å². The first-order valence-electron chi connectivity index (χ1n) is 7.44. The van der Waals surface area contributed by atoms with Gasteiger partial charge in [-0.1, -0.05) is 23.9 Å². The van der Waals surface area contributed by atoms with Crippen molar-refractivity contribution >= 4 is 40.7 Å². The third kappa shape index (κ3) is 4.33. The van der Waals surface area contributed by atoms with Crippen molar-refractivity contribution in [2.75, 3.05) is 5.75 Å². The molecular formula is C16H12N4O6S. The zero-order valence-electron chi connectivity index (χ0n) is 13.5. The fraction of sp³-hybridized carbons (Fsp3) is 0.0625. The maximum absolute atomic E-state index is 11.8. The summed E-state index contributed by atoms with van der Waals surface area (Å²) in [5.41, 5.74) is 2.89. The molecule has 1 amide bonds.